The van der Waals surface area contributed by atoms with E-state index in [1.807, 2.05) is 49.6 Å². The van der Waals surface area contributed by atoms with Gasteiger partial charge < -0.3 is 34.2 Å². The molecule has 1 aromatic carbocycles. The summed E-state index contributed by atoms with van der Waals surface area (Å²) in [6, 6.07) is 6.56. The highest BCUT2D eigenvalue weighted by Gasteiger charge is 2.62. The molecule has 4 atom stereocenters. The molecule has 5 fully saturated rings. The van der Waals surface area contributed by atoms with Gasteiger partial charge in [0.2, 0.25) is 17.7 Å². The lowest BCUT2D eigenvalue weighted by Gasteiger charge is -2.50. The number of carbonyl (C=O) groups excluding carboxylic acids is 5. The Bertz CT molecular complexity index is 1550. The Morgan fingerprint density at radius 2 is 1.48 bits per heavy atom. The van der Waals surface area contributed by atoms with Crippen molar-refractivity contribution in [3.05, 3.63) is 35.4 Å². The number of esters is 1. The molecule has 4 amide bonds. The predicted molar refractivity (Wildman–Crippen MR) is 202 cm³/mol. The van der Waals surface area contributed by atoms with Crippen molar-refractivity contribution in [2.24, 2.45) is 28.6 Å². The number of nitrogens with zero attached hydrogens (tertiary/aromatic N) is 3. The summed E-state index contributed by atoms with van der Waals surface area (Å²) in [5.74, 6) is -0.703. The molecule has 5 aliphatic rings. The SMILES string of the molecule is COC(=O)c1ccc(C2CCN(C(=O)[C@@H](NC(=O)[C@@H]3CN(C(=O)OC(C)(C)C)CC34CN(C(=O)[C@H]3CC3(C)C)C4)[C@@H](C)OCC3CCCCC3)CC2)cc1. The summed E-state index contributed by atoms with van der Waals surface area (Å²) in [7, 11) is 1.37. The molecule has 0 aromatic heterocycles. The van der Waals surface area contributed by atoms with Crippen molar-refractivity contribution in [2.45, 2.75) is 117 Å². The molecule has 2 aliphatic carbocycles. The molecule has 0 radical (unpaired) electrons. The lowest BCUT2D eigenvalue weighted by atomic mass is 9.70. The number of methoxy groups -OCH3 is 1. The van der Waals surface area contributed by atoms with Crippen LogP contribution in [-0.4, -0.2) is 115 Å². The molecule has 1 spiro atoms. The number of benzene rings is 1. The quantitative estimate of drug-likeness (QED) is 0.315. The molecule has 0 bridgehead atoms. The maximum Gasteiger partial charge on any atom is 0.410 e. The van der Waals surface area contributed by atoms with Crippen molar-refractivity contribution < 1.29 is 38.2 Å². The fraction of sp³-hybridized carbons (Fsp3) is 0.738. The van der Waals surface area contributed by atoms with Crippen LogP contribution in [-0.2, 0) is 28.6 Å². The second-order valence-corrected chi connectivity index (χ2v) is 18.5. The van der Waals surface area contributed by atoms with Crippen molar-refractivity contribution in [2.75, 3.05) is 53.0 Å². The molecule has 12 heteroatoms. The van der Waals surface area contributed by atoms with Gasteiger partial charge in [-0.15, -0.1) is 0 Å². The van der Waals surface area contributed by atoms with E-state index in [9.17, 15) is 24.0 Å². The normalized spacial score (nSPS) is 25.1. The first-order valence-electron chi connectivity index (χ1n) is 20.2. The largest absolute Gasteiger partial charge is 0.465 e. The molecule has 298 valence electrons. The smallest absolute Gasteiger partial charge is 0.410 e. The van der Waals surface area contributed by atoms with Crippen molar-refractivity contribution in [1.82, 2.24) is 20.0 Å². The van der Waals surface area contributed by atoms with Crippen LogP contribution in [0, 0.1) is 28.6 Å². The van der Waals surface area contributed by atoms with Crippen molar-refractivity contribution >= 4 is 29.8 Å². The second kappa shape index (κ2) is 15.8. The van der Waals surface area contributed by atoms with Gasteiger partial charge in [0.05, 0.1) is 24.7 Å². The van der Waals surface area contributed by atoms with E-state index >= 15 is 0 Å². The Kier molecular flexibility index (Phi) is 11.7. The highest BCUT2D eigenvalue weighted by Crippen LogP contribution is 2.54. The van der Waals surface area contributed by atoms with E-state index in [-0.39, 0.29) is 47.5 Å². The maximum absolute atomic E-state index is 14.5. The zero-order valence-electron chi connectivity index (χ0n) is 33.5. The van der Waals surface area contributed by atoms with Gasteiger partial charge >= 0.3 is 12.1 Å². The number of piperidine rings is 1. The first-order chi connectivity index (χ1) is 25.5. The summed E-state index contributed by atoms with van der Waals surface area (Å²) in [5, 5.41) is 3.15. The van der Waals surface area contributed by atoms with Crippen LogP contribution in [0.3, 0.4) is 0 Å². The lowest BCUT2D eigenvalue weighted by Crippen LogP contribution is -2.65. The third-order valence-corrected chi connectivity index (χ3v) is 12.7. The average Bonchev–Trinajstić information content (AvgIpc) is 3.58. The minimum absolute atomic E-state index is 0.0141. The Morgan fingerprint density at radius 1 is 0.870 bits per heavy atom. The number of nitrogens with one attached hydrogen (secondary N) is 1. The molecule has 3 saturated heterocycles. The molecule has 0 unspecified atom stereocenters. The monoisotopic (exact) mass is 750 g/mol. The van der Waals surface area contributed by atoms with Gasteiger partial charge in [-0.1, -0.05) is 45.2 Å². The van der Waals surface area contributed by atoms with E-state index in [2.05, 4.69) is 19.2 Å². The van der Waals surface area contributed by atoms with Gasteiger partial charge in [0.15, 0.2) is 0 Å². The fourth-order valence-electron chi connectivity index (χ4n) is 9.11. The minimum Gasteiger partial charge on any atom is -0.465 e. The van der Waals surface area contributed by atoms with Gasteiger partial charge in [-0.05, 0) is 94.7 Å². The predicted octanol–water partition coefficient (Wildman–Crippen LogP) is 5.39. The molecular formula is C42H62N4O8. The van der Waals surface area contributed by atoms with Gasteiger partial charge in [-0.3, -0.25) is 14.4 Å². The molecule has 6 rings (SSSR count). The highest BCUT2D eigenvalue weighted by molar-refractivity contribution is 5.91. The van der Waals surface area contributed by atoms with E-state index in [1.165, 1.54) is 26.4 Å². The zero-order valence-corrected chi connectivity index (χ0v) is 33.5. The number of hydrogen-bond donors (Lipinski definition) is 1. The minimum atomic E-state index is -0.908. The molecule has 1 N–H and O–H groups in total. The van der Waals surface area contributed by atoms with Crippen LogP contribution in [0.15, 0.2) is 24.3 Å². The molecule has 2 saturated carbocycles. The van der Waals surface area contributed by atoms with Gasteiger partial charge in [0, 0.05) is 57.2 Å². The standard InChI is InChI=1S/C42H62N4O8/c1-27(53-23-28-11-9-8-10-12-28)34(37(49)44-19-17-30(18-20-44)29-13-15-31(16-14-29)38(50)52-7)43-35(47)33-22-45(39(51)54-40(2,3)4)24-42(33)25-46(26-42)36(48)32-21-41(32,5)6/h13-16,27-28,30,32-34H,8-12,17-26H2,1-7H3,(H,43,47)/t27-,32-,33+,34+/m1/s1. The van der Waals surface area contributed by atoms with Crippen LogP contribution in [0.25, 0.3) is 0 Å². The molecular weight excluding hydrogens is 688 g/mol. The van der Waals surface area contributed by atoms with Gasteiger partial charge in [-0.25, -0.2) is 9.59 Å². The zero-order chi connectivity index (χ0) is 39.0. The fourth-order valence-corrected chi connectivity index (χ4v) is 9.11. The Hall–Kier alpha value is -3.67. The molecule has 12 nitrogen and oxygen atoms in total. The van der Waals surface area contributed by atoms with Crippen LogP contribution in [0.5, 0.6) is 0 Å². The first kappa shape index (κ1) is 40.0. The van der Waals surface area contributed by atoms with Crippen LogP contribution >= 0.6 is 0 Å². The van der Waals surface area contributed by atoms with E-state index in [1.54, 1.807) is 17.0 Å². The Labute approximate surface area is 321 Å². The molecule has 54 heavy (non-hydrogen) atoms. The van der Waals surface area contributed by atoms with E-state index in [0.717, 1.165) is 37.7 Å². The summed E-state index contributed by atoms with van der Waals surface area (Å²) in [5.41, 5.74) is 0.271. The number of rotatable bonds is 10. The van der Waals surface area contributed by atoms with Gasteiger partial charge in [0.1, 0.15) is 11.6 Å². The first-order valence-corrected chi connectivity index (χ1v) is 20.2. The lowest BCUT2D eigenvalue weighted by molar-refractivity contribution is -0.153. The summed E-state index contributed by atoms with van der Waals surface area (Å²) in [6.07, 6.45) is 7.10. The second-order valence-electron chi connectivity index (χ2n) is 18.5. The van der Waals surface area contributed by atoms with E-state index < -0.39 is 35.2 Å². The van der Waals surface area contributed by atoms with Crippen LogP contribution in [0.2, 0.25) is 0 Å². The van der Waals surface area contributed by atoms with Gasteiger partial charge in [0.25, 0.3) is 0 Å². The highest BCUT2D eigenvalue weighted by atomic mass is 16.6. The van der Waals surface area contributed by atoms with E-state index in [0.29, 0.717) is 50.8 Å². The number of likely N-dealkylation sites (tertiary alicyclic amines) is 3. The van der Waals surface area contributed by atoms with Gasteiger partial charge in [-0.2, -0.15) is 0 Å². The van der Waals surface area contributed by atoms with Crippen molar-refractivity contribution in [1.29, 1.82) is 0 Å². The van der Waals surface area contributed by atoms with Crippen LogP contribution in [0.4, 0.5) is 4.79 Å². The molecule has 1 aromatic rings. The van der Waals surface area contributed by atoms with Crippen molar-refractivity contribution in [3.8, 4) is 0 Å². The number of hydrogen-bond acceptors (Lipinski definition) is 8. The third kappa shape index (κ3) is 8.89. The summed E-state index contributed by atoms with van der Waals surface area (Å²) < 4.78 is 17.0. The molecule has 3 aliphatic heterocycles. The Balaban J connectivity index is 1.16. The van der Waals surface area contributed by atoms with Crippen LogP contribution < -0.4 is 5.32 Å². The molecule has 3 heterocycles. The van der Waals surface area contributed by atoms with E-state index in [4.69, 9.17) is 14.2 Å². The maximum atomic E-state index is 14.5. The number of ether oxygens (including phenoxy) is 3. The topological polar surface area (TPSA) is 135 Å². The summed E-state index contributed by atoms with van der Waals surface area (Å²) in [4.78, 5) is 72.9. The van der Waals surface area contributed by atoms with Crippen molar-refractivity contribution in [3.63, 3.8) is 0 Å². The average molecular weight is 751 g/mol. The summed E-state index contributed by atoms with van der Waals surface area (Å²) in [6.45, 7) is 14.3. The Morgan fingerprint density at radius 3 is 2.06 bits per heavy atom. The van der Waals surface area contributed by atoms with Crippen LogP contribution in [0.1, 0.15) is 115 Å². The number of amides is 4. The third-order valence-electron chi connectivity index (χ3n) is 12.7. The summed E-state index contributed by atoms with van der Waals surface area (Å²) >= 11 is 0. The number of carbonyl (C=O) groups is 5.